The molecule has 2 fully saturated rings. The van der Waals surface area contributed by atoms with E-state index in [0.717, 1.165) is 49.0 Å². The number of ether oxygens (including phenoxy) is 4. The molecule has 0 spiro atoms. The molecule has 3 aliphatic rings. The third kappa shape index (κ3) is 6.52. The second-order valence-electron chi connectivity index (χ2n) is 9.75. The number of allylic oxidation sites excluding steroid dienone is 3. The first kappa shape index (κ1) is 26.8. The number of thioether (sulfide) groups is 1. The van der Waals surface area contributed by atoms with Crippen molar-refractivity contribution in [2.45, 2.75) is 82.5 Å². The largest absolute Gasteiger partial charge is 0.497 e. The fraction of sp³-hybridized carbons (Fsp3) is 0.571. The van der Waals surface area contributed by atoms with Crippen molar-refractivity contribution in [3.8, 4) is 5.75 Å². The first-order chi connectivity index (χ1) is 17.4. The highest BCUT2D eigenvalue weighted by Gasteiger charge is 2.54. The molecule has 3 aliphatic heterocycles. The van der Waals surface area contributed by atoms with Gasteiger partial charge in [0.05, 0.1) is 19.3 Å². The smallest absolute Gasteiger partial charge is 0.330 e. The standard InChI is InChI=1S/C28H37NO6S/c1-20-9-7-5-4-6-8-10-23-16-24(34-26(30)15-20)17-28(33-3,35-23)25-19-36-27(31)29(25)18-21-11-13-22(32-2)14-12-21/h4-5,11-15,23-25H,6-10,16-19H2,1-3H3/b5-4+,20-15-/t23-,24-,25+,28-/m1/s1. The zero-order valence-corrected chi connectivity index (χ0v) is 22.3. The maximum absolute atomic E-state index is 13.0. The Morgan fingerprint density at radius 1 is 1.11 bits per heavy atom. The van der Waals surface area contributed by atoms with Crippen LogP contribution in [-0.4, -0.2) is 60.1 Å². The summed E-state index contributed by atoms with van der Waals surface area (Å²) in [6, 6.07) is 7.42. The second kappa shape index (κ2) is 12.3. The summed E-state index contributed by atoms with van der Waals surface area (Å²) in [6.07, 6.45) is 11.1. The molecule has 4 rings (SSSR count). The van der Waals surface area contributed by atoms with Gasteiger partial charge in [-0.3, -0.25) is 4.79 Å². The van der Waals surface area contributed by atoms with Crippen molar-refractivity contribution in [3.05, 3.63) is 53.6 Å². The summed E-state index contributed by atoms with van der Waals surface area (Å²) in [5, 5.41) is -0.00246. The average molecular weight is 516 g/mol. The van der Waals surface area contributed by atoms with Crippen LogP contribution in [0.5, 0.6) is 5.75 Å². The van der Waals surface area contributed by atoms with Gasteiger partial charge in [-0.2, -0.15) is 0 Å². The Hall–Kier alpha value is -2.29. The molecule has 0 N–H and O–H groups in total. The van der Waals surface area contributed by atoms with Crippen LogP contribution < -0.4 is 4.74 Å². The van der Waals surface area contributed by atoms with Crippen LogP contribution in [0, 0.1) is 0 Å². The molecule has 0 radical (unpaired) electrons. The lowest BCUT2D eigenvalue weighted by Crippen LogP contribution is -2.60. The predicted molar refractivity (Wildman–Crippen MR) is 140 cm³/mol. The van der Waals surface area contributed by atoms with Gasteiger partial charge in [-0.15, -0.1) is 0 Å². The van der Waals surface area contributed by atoms with Crippen molar-refractivity contribution < 1.29 is 28.5 Å². The zero-order chi connectivity index (χ0) is 25.5. The number of esters is 1. The van der Waals surface area contributed by atoms with Gasteiger partial charge < -0.3 is 23.8 Å². The molecular weight excluding hydrogens is 478 g/mol. The SMILES string of the molecule is COc1ccc(CN2C(=O)SC[C@H]2[C@@]2(OC)C[C@H]3C[C@@H](CCC/C=C/CC/C(C)=C\C(=O)O3)O2)cc1. The van der Waals surface area contributed by atoms with Crippen LogP contribution in [0.15, 0.2) is 48.1 Å². The number of carbonyl (C=O) groups is 2. The fourth-order valence-electron chi connectivity index (χ4n) is 5.22. The number of hydrogen-bond donors (Lipinski definition) is 0. The maximum atomic E-state index is 13.0. The van der Waals surface area contributed by atoms with E-state index in [1.165, 1.54) is 11.8 Å². The van der Waals surface area contributed by atoms with Gasteiger partial charge in [0.1, 0.15) is 11.9 Å². The van der Waals surface area contributed by atoms with Gasteiger partial charge in [0.15, 0.2) is 5.79 Å². The molecule has 0 aromatic heterocycles. The molecule has 1 aromatic carbocycles. The molecule has 4 atom stereocenters. The predicted octanol–water partition coefficient (Wildman–Crippen LogP) is 5.63. The van der Waals surface area contributed by atoms with Crippen molar-refractivity contribution in [1.82, 2.24) is 4.90 Å². The lowest BCUT2D eigenvalue weighted by Gasteiger charge is -2.48. The topological polar surface area (TPSA) is 74.3 Å². The molecule has 2 saturated heterocycles. The molecule has 1 amide bonds. The second-order valence-corrected chi connectivity index (χ2v) is 10.7. The molecule has 196 valence electrons. The quantitative estimate of drug-likeness (QED) is 0.371. The number of fused-ring (bicyclic) bond motifs is 2. The number of amides is 1. The molecule has 0 saturated carbocycles. The maximum Gasteiger partial charge on any atom is 0.330 e. The Kier molecular flexibility index (Phi) is 9.14. The summed E-state index contributed by atoms with van der Waals surface area (Å²) >= 11 is 1.28. The van der Waals surface area contributed by atoms with Crippen LogP contribution in [0.1, 0.15) is 57.4 Å². The van der Waals surface area contributed by atoms with Gasteiger partial charge in [-0.25, -0.2) is 4.79 Å². The first-order valence-electron chi connectivity index (χ1n) is 12.7. The molecule has 8 heteroatoms. The summed E-state index contributed by atoms with van der Waals surface area (Å²) in [5.41, 5.74) is 2.01. The van der Waals surface area contributed by atoms with Crippen LogP contribution in [-0.2, 0) is 25.5 Å². The van der Waals surface area contributed by atoms with E-state index in [2.05, 4.69) is 12.2 Å². The molecule has 0 unspecified atom stereocenters. The minimum absolute atomic E-state index is 0.00246. The number of nitrogens with zero attached hydrogens (tertiary/aromatic N) is 1. The summed E-state index contributed by atoms with van der Waals surface area (Å²) in [7, 11) is 3.26. The minimum Gasteiger partial charge on any atom is -0.497 e. The van der Waals surface area contributed by atoms with E-state index >= 15 is 0 Å². The lowest BCUT2D eigenvalue weighted by atomic mass is 9.90. The van der Waals surface area contributed by atoms with Gasteiger partial charge in [0, 0.05) is 38.3 Å². The Morgan fingerprint density at radius 2 is 1.89 bits per heavy atom. The number of methoxy groups -OCH3 is 2. The van der Waals surface area contributed by atoms with Gasteiger partial charge >= 0.3 is 5.97 Å². The van der Waals surface area contributed by atoms with E-state index < -0.39 is 5.79 Å². The molecule has 7 nitrogen and oxygen atoms in total. The van der Waals surface area contributed by atoms with E-state index in [-0.39, 0.29) is 29.5 Å². The molecule has 36 heavy (non-hydrogen) atoms. The Bertz CT molecular complexity index is 977. The van der Waals surface area contributed by atoms with E-state index in [4.69, 9.17) is 18.9 Å². The van der Waals surface area contributed by atoms with Crippen LogP contribution in [0.25, 0.3) is 0 Å². The number of carbonyl (C=O) groups excluding carboxylic acids is 2. The normalized spacial score (nSPS) is 32.2. The van der Waals surface area contributed by atoms with Gasteiger partial charge in [0.25, 0.3) is 5.24 Å². The summed E-state index contributed by atoms with van der Waals surface area (Å²) in [6.45, 7) is 2.41. The molecule has 1 aromatic rings. The van der Waals surface area contributed by atoms with Gasteiger partial charge in [0.2, 0.25) is 0 Å². The zero-order valence-electron chi connectivity index (χ0n) is 21.4. The third-order valence-corrected chi connectivity index (χ3v) is 8.12. The summed E-state index contributed by atoms with van der Waals surface area (Å²) in [5.74, 6) is -0.0489. The molecule has 0 aliphatic carbocycles. The minimum atomic E-state index is -1.05. The van der Waals surface area contributed by atoms with Gasteiger partial charge in [-0.1, -0.05) is 41.6 Å². The van der Waals surface area contributed by atoms with Crippen molar-refractivity contribution >= 4 is 23.0 Å². The number of rotatable bonds is 5. The van der Waals surface area contributed by atoms with Crippen LogP contribution in [0.4, 0.5) is 4.79 Å². The number of benzene rings is 1. The van der Waals surface area contributed by atoms with Crippen molar-refractivity contribution in [2.75, 3.05) is 20.0 Å². The molecule has 3 heterocycles. The Balaban J connectivity index is 1.58. The summed E-state index contributed by atoms with van der Waals surface area (Å²) in [4.78, 5) is 27.5. The van der Waals surface area contributed by atoms with Crippen LogP contribution in [0.2, 0.25) is 0 Å². The van der Waals surface area contributed by atoms with Gasteiger partial charge in [-0.05, 0) is 56.7 Å². The van der Waals surface area contributed by atoms with E-state index in [0.29, 0.717) is 25.1 Å². The number of hydrogen-bond acceptors (Lipinski definition) is 7. The monoisotopic (exact) mass is 515 g/mol. The highest BCUT2D eigenvalue weighted by Crippen LogP contribution is 2.43. The summed E-state index contributed by atoms with van der Waals surface area (Å²) < 4.78 is 24.0. The van der Waals surface area contributed by atoms with Crippen molar-refractivity contribution in [2.24, 2.45) is 0 Å². The van der Waals surface area contributed by atoms with E-state index in [9.17, 15) is 9.59 Å². The van der Waals surface area contributed by atoms with Crippen molar-refractivity contribution in [1.29, 1.82) is 0 Å². The fourth-order valence-corrected chi connectivity index (χ4v) is 6.31. The van der Waals surface area contributed by atoms with Crippen LogP contribution in [0.3, 0.4) is 0 Å². The highest BCUT2D eigenvalue weighted by molar-refractivity contribution is 8.13. The van der Waals surface area contributed by atoms with E-state index in [1.807, 2.05) is 36.1 Å². The van der Waals surface area contributed by atoms with Crippen LogP contribution >= 0.6 is 11.8 Å². The first-order valence-corrected chi connectivity index (χ1v) is 13.7. The average Bonchev–Trinajstić information content (AvgIpc) is 3.23. The Morgan fingerprint density at radius 3 is 2.64 bits per heavy atom. The Labute approximate surface area is 218 Å². The highest BCUT2D eigenvalue weighted by atomic mass is 32.2. The third-order valence-electron chi connectivity index (χ3n) is 7.16. The molecule has 2 bridgehead atoms. The van der Waals surface area contributed by atoms with E-state index in [1.54, 1.807) is 20.3 Å². The molecular formula is C28H37NO6S. The lowest BCUT2D eigenvalue weighted by molar-refractivity contribution is -0.305. The van der Waals surface area contributed by atoms with Crippen molar-refractivity contribution in [3.63, 3.8) is 0 Å².